The molecule has 0 spiro atoms. The number of ketones is 1. The zero-order valence-electron chi connectivity index (χ0n) is 9.67. The van der Waals surface area contributed by atoms with Crippen LogP contribution in [0.15, 0.2) is 18.2 Å². The Morgan fingerprint density at radius 3 is 2.82 bits per heavy atom. The maximum atomic E-state index is 13.5. The van der Waals surface area contributed by atoms with E-state index in [-0.39, 0.29) is 18.1 Å². The van der Waals surface area contributed by atoms with Gasteiger partial charge in [-0.25, -0.2) is 4.39 Å². The number of hydrogen-bond acceptors (Lipinski definition) is 2. The van der Waals surface area contributed by atoms with Gasteiger partial charge in [-0.1, -0.05) is 24.6 Å². The first kappa shape index (κ1) is 12.5. The fourth-order valence-corrected chi connectivity index (χ4v) is 2.10. The van der Waals surface area contributed by atoms with Gasteiger partial charge in [-0.2, -0.15) is 0 Å². The number of halogens is 2. The van der Waals surface area contributed by atoms with Crippen molar-refractivity contribution in [3.05, 3.63) is 34.6 Å². The van der Waals surface area contributed by atoms with E-state index in [1.807, 2.05) is 6.92 Å². The van der Waals surface area contributed by atoms with Crippen molar-refractivity contribution >= 4 is 17.4 Å². The first-order chi connectivity index (χ1) is 8.08. The Labute approximate surface area is 105 Å². The Bertz CT molecular complexity index is 431. The molecule has 1 heterocycles. The molecule has 0 aliphatic carbocycles. The van der Waals surface area contributed by atoms with E-state index < -0.39 is 5.82 Å². The third kappa shape index (κ3) is 2.85. The number of carbonyl (C=O) groups excluding carboxylic acids is 1. The summed E-state index contributed by atoms with van der Waals surface area (Å²) in [6.07, 6.45) is 0.153. The van der Waals surface area contributed by atoms with Crippen LogP contribution < -0.4 is 5.32 Å². The predicted molar refractivity (Wildman–Crippen MR) is 65.6 cm³/mol. The molecule has 0 bridgehead atoms. The number of benzene rings is 1. The third-order valence-electron chi connectivity index (χ3n) is 3.41. The summed E-state index contributed by atoms with van der Waals surface area (Å²) >= 11 is 5.66. The van der Waals surface area contributed by atoms with E-state index in [0.717, 1.165) is 13.1 Å². The molecule has 1 aliphatic heterocycles. The Kier molecular flexibility index (Phi) is 3.79. The summed E-state index contributed by atoms with van der Waals surface area (Å²) in [5.41, 5.74) is 0.429. The second-order valence-electron chi connectivity index (χ2n) is 4.59. The molecule has 1 atom stereocenters. The lowest BCUT2D eigenvalue weighted by atomic mass is 9.84. The molecule has 0 aromatic heterocycles. The molecule has 1 unspecified atom stereocenters. The molecule has 17 heavy (non-hydrogen) atoms. The number of nitrogens with one attached hydrogen (secondary N) is 1. The highest BCUT2D eigenvalue weighted by atomic mass is 35.5. The monoisotopic (exact) mass is 255 g/mol. The molecular formula is C13H15ClFNO. The lowest BCUT2D eigenvalue weighted by molar-refractivity contribution is -0.123. The molecule has 1 N–H and O–H groups in total. The third-order valence-corrected chi connectivity index (χ3v) is 3.64. The van der Waals surface area contributed by atoms with Gasteiger partial charge in [0.1, 0.15) is 11.6 Å². The first-order valence-electron chi connectivity index (χ1n) is 5.75. The summed E-state index contributed by atoms with van der Waals surface area (Å²) in [7, 11) is 0. The van der Waals surface area contributed by atoms with Gasteiger partial charge in [0.2, 0.25) is 0 Å². The number of hydrogen-bond donors (Lipinski definition) is 1. The van der Waals surface area contributed by atoms with Crippen LogP contribution in [-0.2, 0) is 11.2 Å². The molecule has 1 saturated heterocycles. The van der Waals surface area contributed by atoms with Crippen molar-refractivity contribution in [2.45, 2.75) is 13.3 Å². The minimum atomic E-state index is -0.398. The van der Waals surface area contributed by atoms with E-state index in [4.69, 9.17) is 11.6 Å². The van der Waals surface area contributed by atoms with Gasteiger partial charge >= 0.3 is 0 Å². The molecule has 0 amide bonds. The Hall–Kier alpha value is -0.930. The lowest BCUT2D eigenvalue weighted by Gasteiger charge is -2.31. The van der Waals surface area contributed by atoms with Gasteiger partial charge in [-0.05, 0) is 36.7 Å². The highest BCUT2D eigenvalue weighted by molar-refractivity contribution is 6.30. The second-order valence-corrected chi connectivity index (χ2v) is 5.02. The fraction of sp³-hybridized carbons (Fsp3) is 0.462. The van der Waals surface area contributed by atoms with Crippen molar-refractivity contribution in [3.8, 4) is 0 Å². The van der Waals surface area contributed by atoms with E-state index in [1.165, 1.54) is 6.07 Å². The minimum Gasteiger partial charge on any atom is -0.316 e. The predicted octanol–water partition coefficient (Wildman–Crippen LogP) is 2.45. The molecular weight excluding hydrogens is 241 g/mol. The van der Waals surface area contributed by atoms with Crippen LogP contribution in [0.25, 0.3) is 0 Å². The normalized spacial score (nSPS) is 17.6. The molecule has 1 aromatic carbocycles. The molecule has 2 rings (SSSR count). The van der Waals surface area contributed by atoms with Crippen molar-refractivity contribution in [1.29, 1.82) is 0 Å². The van der Waals surface area contributed by atoms with Gasteiger partial charge < -0.3 is 5.32 Å². The zero-order valence-corrected chi connectivity index (χ0v) is 10.4. The molecule has 1 aliphatic rings. The Balaban J connectivity index is 2.02. The van der Waals surface area contributed by atoms with Crippen LogP contribution >= 0.6 is 11.6 Å². The minimum absolute atomic E-state index is 0.00803. The summed E-state index contributed by atoms with van der Waals surface area (Å²) < 4.78 is 13.5. The summed E-state index contributed by atoms with van der Waals surface area (Å²) in [5.74, 6) is 0.0895. The van der Waals surface area contributed by atoms with Crippen LogP contribution in [0, 0.1) is 17.7 Å². The molecule has 1 aromatic rings. The summed E-state index contributed by atoms with van der Waals surface area (Å²) in [4.78, 5) is 12.0. The van der Waals surface area contributed by atoms with Crippen LogP contribution in [0.1, 0.15) is 12.5 Å². The second kappa shape index (κ2) is 5.15. The average Bonchev–Trinajstić information content (AvgIpc) is 2.19. The maximum Gasteiger partial charge on any atom is 0.140 e. The van der Waals surface area contributed by atoms with E-state index in [2.05, 4.69) is 5.32 Å². The summed E-state index contributed by atoms with van der Waals surface area (Å²) in [5, 5.41) is 3.49. The van der Waals surface area contributed by atoms with Gasteiger partial charge in [0.15, 0.2) is 0 Å². The van der Waals surface area contributed by atoms with Gasteiger partial charge in [-0.3, -0.25) is 4.79 Å². The Morgan fingerprint density at radius 1 is 1.59 bits per heavy atom. The van der Waals surface area contributed by atoms with Crippen LogP contribution in [0.3, 0.4) is 0 Å². The molecule has 1 fully saturated rings. The molecule has 4 heteroatoms. The number of Topliss-reactive ketones (excluding diaryl/α,β-unsaturated/α-hetero) is 1. The van der Waals surface area contributed by atoms with E-state index in [9.17, 15) is 9.18 Å². The van der Waals surface area contributed by atoms with Gasteiger partial charge in [0.05, 0.1) is 0 Å². The fourth-order valence-electron chi connectivity index (χ4n) is 1.94. The van der Waals surface area contributed by atoms with Crippen molar-refractivity contribution in [1.82, 2.24) is 5.32 Å². The average molecular weight is 256 g/mol. The van der Waals surface area contributed by atoms with Gasteiger partial charge in [-0.15, -0.1) is 0 Å². The van der Waals surface area contributed by atoms with Crippen LogP contribution in [0.2, 0.25) is 5.02 Å². The first-order valence-corrected chi connectivity index (χ1v) is 6.13. The summed E-state index contributed by atoms with van der Waals surface area (Å²) in [6, 6.07) is 4.45. The quantitative estimate of drug-likeness (QED) is 0.896. The molecule has 2 nitrogen and oxygen atoms in total. The lowest BCUT2D eigenvalue weighted by Crippen LogP contribution is -2.47. The SMILES string of the molecule is CC(C(=O)Cc1ccc(Cl)cc1F)C1CNC1. The van der Waals surface area contributed by atoms with E-state index in [0.29, 0.717) is 16.5 Å². The van der Waals surface area contributed by atoms with Gasteiger partial charge in [0.25, 0.3) is 0 Å². The molecule has 0 radical (unpaired) electrons. The largest absolute Gasteiger partial charge is 0.316 e. The van der Waals surface area contributed by atoms with E-state index in [1.54, 1.807) is 12.1 Å². The van der Waals surface area contributed by atoms with Crippen LogP contribution in [0.4, 0.5) is 4.39 Å². The van der Waals surface area contributed by atoms with Crippen molar-refractivity contribution in [3.63, 3.8) is 0 Å². The van der Waals surface area contributed by atoms with Crippen molar-refractivity contribution in [2.24, 2.45) is 11.8 Å². The van der Waals surface area contributed by atoms with Crippen molar-refractivity contribution < 1.29 is 9.18 Å². The Morgan fingerprint density at radius 2 is 2.29 bits per heavy atom. The van der Waals surface area contributed by atoms with Crippen molar-refractivity contribution in [2.75, 3.05) is 13.1 Å². The highest BCUT2D eigenvalue weighted by Crippen LogP contribution is 2.21. The number of carbonyl (C=O) groups is 1. The zero-order chi connectivity index (χ0) is 12.4. The van der Waals surface area contributed by atoms with Crippen LogP contribution in [0.5, 0.6) is 0 Å². The maximum absolute atomic E-state index is 13.5. The number of rotatable bonds is 4. The standard InChI is InChI=1S/C13H15ClFNO/c1-8(10-6-16-7-10)13(17)4-9-2-3-11(14)5-12(9)15/h2-3,5,8,10,16H,4,6-7H2,1H3. The topological polar surface area (TPSA) is 29.1 Å². The highest BCUT2D eigenvalue weighted by Gasteiger charge is 2.28. The molecule has 0 saturated carbocycles. The van der Waals surface area contributed by atoms with Crippen LogP contribution in [-0.4, -0.2) is 18.9 Å². The smallest absolute Gasteiger partial charge is 0.140 e. The van der Waals surface area contributed by atoms with E-state index >= 15 is 0 Å². The molecule has 92 valence electrons. The van der Waals surface area contributed by atoms with Gasteiger partial charge in [0, 0.05) is 17.4 Å². The summed E-state index contributed by atoms with van der Waals surface area (Å²) in [6.45, 7) is 3.69.